The van der Waals surface area contributed by atoms with Crippen molar-refractivity contribution in [3.05, 3.63) is 30.3 Å². The van der Waals surface area contributed by atoms with E-state index in [0.717, 1.165) is 25.7 Å². The van der Waals surface area contributed by atoms with Crippen LogP contribution in [0, 0.1) is 0 Å². The number of rotatable bonds is 4. The van der Waals surface area contributed by atoms with Crippen LogP contribution >= 0.6 is 24.8 Å². The Balaban J connectivity index is 0.00000140. The number of ether oxygens (including phenoxy) is 1. The molecule has 28 heavy (non-hydrogen) atoms. The molecule has 0 aromatic carbocycles. The van der Waals surface area contributed by atoms with Crippen molar-refractivity contribution in [3.63, 3.8) is 0 Å². The van der Waals surface area contributed by atoms with Crippen molar-refractivity contribution in [1.29, 1.82) is 0 Å². The number of aromatic nitrogens is 3. The SMILES string of the molecule is Cl.Cl.NC[C@H]1CC[C@@H](C(=O)N2CCC(c3nc(-c4ccccn4)no3)CC2)O1. The molecule has 0 bridgehead atoms. The minimum Gasteiger partial charge on any atom is -0.364 e. The topological polar surface area (TPSA) is 107 Å². The Morgan fingerprint density at radius 3 is 2.61 bits per heavy atom. The first-order valence-corrected chi connectivity index (χ1v) is 9.14. The lowest BCUT2D eigenvalue weighted by atomic mass is 9.96. The molecule has 1 amide bonds. The van der Waals surface area contributed by atoms with Crippen LogP contribution in [0.1, 0.15) is 37.5 Å². The maximum atomic E-state index is 12.6. The van der Waals surface area contributed by atoms with Gasteiger partial charge in [-0.15, -0.1) is 24.8 Å². The number of carbonyl (C=O) groups is 1. The van der Waals surface area contributed by atoms with E-state index < -0.39 is 0 Å². The van der Waals surface area contributed by atoms with Crippen LogP contribution in [0.5, 0.6) is 0 Å². The van der Waals surface area contributed by atoms with E-state index in [4.69, 9.17) is 15.0 Å². The zero-order valence-corrected chi connectivity index (χ0v) is 17.0. The summed E-state index contributed by atoms with van der Waals surface area (Å²) in [6, 6.07) is 5.59. The van der Waals surface area contributed by atoms with Crippen molar-refractivity contribution in [3.8, 4) is 11.5 Å². The van der Waals surface area contributed by atoms with E-state index in [1.54, 1.807) is 6.20 Å². The molecule has 2 atom stereocenters. The predicted octanol–water partition coefficient (Wildman–Crippen LogP) is 2.19. The lowest BCUT2D eigenvalue weighted by Gasteiger charge is -2.32. The minimum atomic E-state index is -0.334. The Bertz CT molecular complexity index is 753. The van der Waals surface area contributed by atoms with Gasteiger partial charge in [-0.1, -0.05) is 11.2 Å². The van der Waals surface area contributed by atoms with Crippen molar-refractivity contribution < 1.29 is 14.1 Å². The predicted molar refractivity (Wildman–Crippen MR) is 108 cm³/mol. The molecule has 8 nitrogen and oxygen atoms in total. The third-order valence-electron chi connectivity index (χ3n) is 5.14. The van der Waals surface area contributed by atoms with Crippen molar-refractivity contribution in [2.45, 2.75) is 43.8 Å². The second kappa shape index (κ2) is 10.2. The summed E-state index contributed by atoms with van der Waals surface area (Å²) in [5.74, 6) is 1.38. The molecule has 2 aliphatic rings. The number of carbonyl (C=O) groups excluding carboxylic acids is 1. The van der Waals surface area contributed by atoms with Crippen LogP contribution in [0.15, 0.2) is 28.9 Å². The number of hydrogen-bond acceptors (Lipinski definition) is 7. The lowest BCUT2D eigenvalue weighted by Crippen LogP contribution is -2.43. The molecule has 2 saturated heterocycles. The van der Waals surface area contributed by atoms with Gasteiger partial charge in [0.15, 0.2) is 0 Å². The molecule has 2 aromatic rings. The Morgan fingerprint density at radius 2 is 1.96 bits per heavy atom. The summed E-state index contributed by atoms with van der Waals surface area (Å²) in [6.07, 6.45) is 4.63. The van der Waals surface area contributed by atoms with Crippen LogP contribution in [0.3, 0.4) is 0 Å². The van der Waals surface area contributed by atoms with Crippen molar-refractivity contribution in [2.24, 2.45) is 5.73 Å². The summed E-state index contributed by atoms with van der Waals surface area (Å²) in [5, 5.41) is 4.04. The van der Waals surface area contributed by atoms with Gasteiger partial charge in [0, 0.05) is 31.7 Å². The molecule has 0 unspecified atom stereocenters. The highest BCUT2D eigenvalue weighted by molar-refractivity contribution is 5.85. The summed E-state index contributed by atoms with van der Waals surface area (Å²) < 4.78 is 11.2. The molecule has 2 N–H and O–H groups in total. The highest BCUT2D eigenvalue weighted by atomic mass is 35.5. The third kappa shape index (κ3) is 4.81. The quantitative estimate of drug-likeness (QED) is 0.792. The number of pyridine rings is 1. The van der Waals surface area contributed by atoms with Gasteiger partial charge < -0.3 is 19.9 Å². The summed E-state index contributed by atoms with van der Waals surface area (Å²) in [4.78, 5) is 23.2. The number of piperidine rings is 1. The van der Waals surface area contributed by atoms with Crippen molar-refractivity contribution >= 4 is 30.7 Å². The fraction of sp³-hybridized carbons (Fsp3) is 0.556. The van der Waals surface area contributed by atoms with Crippen LogP contribution in [0.2, 0.25) is 0 Å². The molecular weight excluding hydrogens is 405 g/mol. The van der Waals surface area contributed by atoms with Gasteiger partial charge in [-0.3, -0.25) is 9.78 Å². The van der Waals surface area contributed by atoms with Gasteiger partial charge in [-0.25, -0.2) is 0 Å². The van der Waals surface area contributed by atoms with Crippen LogP contribution in [-0.2, 0) is 9.53 Å². The normalized spacial score (nSPS) is 22.4. The first kappa shape index (κ1) is 22.5. The Morgan fingerprint density at radius 1 is 1.18 bits per heavy atom. The van der Waals surface area contributed by atoms with Crippen LogP contribution in [-0.4, -0.2) is 57.8 Å². The number of nitrogens with zero attached hydrogens (tertiary/aromatic N) is 4. The standard InChI is InChI=1S/C18H23N5O3.2ClH/c19-11-13-4-5-15(25-13)18(24)23-9-6-12(7-10-23)17-21-16(22-26-17)14-3-1-2-8-20-14;;/h1-3,8,12-13,15H,4-7,9-11,19H2;2*1H/t13-,15+;;/m1../s1. The van der Waals surface area contributed by atoms with Crippen molar-refractivity contribution in [2.75, 3.05) is 19.6 Å². The Labute approximate surface area is 176 Å². The summed E-state index contributed by atoms with van der Waals surface area (Å²) >= 11 is 0. The average Bonchev–Trinajstić information content (AvgIpc) is 3.38. The number of amides is 1. The number of hydrogen-bond donors (Lipinski definition) is 1. The monoisotopic (exact) mass is 429 g/mol. The van der Waals surface area contributed by atoms with Crippen LogP contribution in [0.25, 0.3) is 11.5 Å². The van der Waals surface area contributed by atoms with Crippen molar-refractivity contribution in [1.82, 2.24) is 20.0 Å². The first-order valence-electron chi connectivity index (χ1n) is 9.14. The fourth-order valence-corrected chi connectivity index (χ4v) is 3.61. The van der Waals surface area contributed by atoms with Gasteiger partial charge in [0.05, 0.1) is 6.10 Å². The molecule has 10 heteroatoms. The Hall–Kier alpha value is -1.74. The lowest BCUT2D eigenvalue weighted by molar-refractivity contribution is -0.143. The molecule has 0 spiro atoms. The molecule has 0 radical (unpaired) electrons. The number of halogens is 2. The van der Waals surface area contributed by atoms with E-state index in [-0.39, 0.29) is 48.8 Å². The largest absolute Gasteiger partial charge is 0.364 e. The van der Waals surface area contributed by atoms with E-state index in [0.29, 0.717) is 37.0 Å². The molecule has 0 aliphatic carbocycles. The second-order valence-electron chi connectivity index (χ2n) is 6.83. The van der Waals surface area contributed by atoms with E-state index in [1.807, 2.05) is 23.1 Å². The molecule has 2 aromatic heterocycles. The molecular formula is C18H25Cl2N5O3. The zero-order valence-electron chi connectivity index (χ0n) is 15.4. The average molecular weight is 430 g/mol. The molecule has 4 heterocycles. The van der Waals surface area contributed by atoms with Gasteiger partial charge in [-0.2, -0.15) is 4.98 Å². The van der Waals surface area contributed by atoms with Gasteiger partial charge in [-0.05, 0) is 37.8 Å². The van der Waals surface area contributed by atoms with Gasteiger partial charge in [0.25, 0.3) is 5.91 Å². The molecule has 154 valence electrons. The molecule has 0 saturated carbocycles. The fourth-order valence-electron chi connectivity index (χ4n) is 3.61. The zero-order chi connectivity index (χ0) is 17.9. The van der Waals surface area contributed by atoms with Gasteiger partial charge >= 0.3 is 0 Å². The molecule has 4 rings (SSSR count). The van der Waals surface area contributed by atoms with Gasteiger partial charge in [0.2, 0.25) is 11.7 Å². The maximum Gasteiger partial charge on any atom is 0.251 e. The van der Waals surface area contributed by atoms with E-state index in [2.05, 4.69) is 15.1 Å². The summed E-state index contributed by atoms with van der Waals surface area (Å²) in [5.41, 5.74) is 6.32. The highest BCUT2D eigenvalue weighted by Gasteiger charge is 2.35. The van der Waals surface area contributed by atoms with E-state index in [1.165, 1.54) is 0 Å². The first-order chi connectivity index (χ1) is 12.7. The Kier molecular flexibility index (Phi) is 8.18. The molecule has 2 aliphatic heterocycles. The number of likely N-dealkylation sites (tertiary alicyclic amines) is 1. The van der Waals surface area contributed by atoms with Crippen LogP contribution in [0.4, 0.5) is 0 Å². The molecule has 2 fully saturated rings. The van der Waals surface area contributed by atoms with Crippen LogP contribution < -0.4 is 5.73 Å². The second-order valence-corrected chi connectivity index (χ2v) is 6.83. The van der Waals surface area contributed by atoms with Gasteiger partial charge in [0.1, 0.15) is 11.8 Å². The minimum absolute atomic E-state index is 0. The summed E-state index contributed by atoms with van der Waals surface area (Å²) in [6.45, 7) is 1.83. The number of nitrogens with two attached hydrogens (primary N) is 1. The van der Waals surface area contributed by atoms with E-state index in [9.17, 15) is 4.79 Å². The highest BCUT2D eigenvalue weighted by Crippen LogP contribution is 2.29. The maximum absolute atomic E-state index is 12.6. The third-order valence-corrected chi connectivity index (χ3v) is 5.14. The smallest absolute Gasteiger partial charge is 0.251 e. The van der Waals surface area contributed by atoms with E-state index >= 15 is 0 Å². The summed E-state index contributed by atoms with van der Waals surface area (Å²) in [7, 11) is 0.